The molecule has 2 aromatic rings. The molecule has 0 saturated heterocycles. The fourth-order valence-corrected chi connectivity index (χ4v) is 2.05. The molecule has 0 amide bonds. The molecule has 2 heterocycles. The van der Waals surface area contributed by atoms with Gasteiger partial charge >= 0.3 is 0 Å². The van der Waals surface area contributed by atoms with Crippen LogP contribution in [0.15, 0.2) is 30.7 Å². The van der Waals surface area contributed by atoms with Crippen LogP contribution in [0.2, 0.25) is 0 Å². The van der Waals surface area contributed by atoms with Crippen LogP contribution in [0, 0.1) is 0 Å². The van der Waals surface area contributed by atoms with E-state index in [-0.39, 0.29) is 5.54 Å². The third-order valence-corrected chi connectivity index (χ3v) is 3.07. The zero-order valence-electron chi connectivity index (χ0n) is 12.8. The predicted octanol–water partition coefficient (Wildman–Crippen LogP) is 3.11. The van der Waals surface area contributed by atoms with Crippen LogP contribution in [0.25, 0.3) is 5.69 Å². The van der Waals surface area contributed by atoms with Gasteiger partial charge in [0.2, 0.25) is 0 Å². The molecule has 0 aliphatic rings. The summed E-state index contributed by atoms with van der Waals surface area (Å²) >= 11 is 0. The van der Waals surface area contributed by atoms with E-state index >= 15 is 0 Å². The van der Waals surface area contributed by atoms with E-state index in [1.165, 1.54) is 0 Å². The van der Waals surface area contributed by atoms with E-state index < -0.39 is 0 Å². The molecule has 0 bridgehead atoms. The molecule has 0 aromatic carbocycles. The average molecular weight is 272 g/mol. The Labute approximate surface area is 121 Å². The normalized spacial score (nSPS) is 11.8. The quantitative estimate of drug-likeness (QED) is 0.909. The van der Waals surface area contributed by atoms with Crippen LogP contribution in [0.5, 0.6) is 0 Å². The summed E-state index contributed by atoms with van der Waals surface area (Å²) in [5.74, 6) is 1.11. The molecule has 4 heteroatoms. The molecule has 0 saturated carbocycles. The monoisotopic (exact) mass is 272 g/mol. The maximum absolute atomic E-state index is 4.43. The van der Waals surface area contributed by atoms with Crippen LogP contribution in [-0.4, -0.2) is 20.1 Å². The van der Waals surface area contributed by atoms with Gasteiger partial charge in [-0.15, -0.1) is 0 Å². The van der Waals surface area contributed by atoms with Crippen LogP contribution in [0.1, 0.15) is 45.6 Å². The number of pyridine rings is 1. The van der Waals surface area contributed by atoms with Crippen molar-refractivity contribution in [3.8, 4) is 5.69 Å². The van der Waals surface area contributed by atoms with Crippen molar-refractivity contribution in [3.05, 3.63) is 42.2 Å². The molecular weight excluding hydrogens is 248 g/mol. The van der Waals surface area contributed by atoms with E-state index in [0.717, 1.165) is 36.6 Å². The molecule has 2 rings (SSSR count). The second-order valence-electron chi connectivity index (χ2n) is 6.07. The number of hydrogen-bond acceptors (Lipinski definition) is 3. The minimum Gasteiger partial charge on any atom is -0.306 e. The van der Waals surface area contributed by atoms with Gasteiger partial charge in [-0.2, -0.15) is 0 Å². The van der Waals surface area contributed by atoms with E-state index in [1.54, 1.807) is 0 Å². The number of aryl methyl sites for hydroxylation is 1. The number of rotatable bonds is 5. The van der Waals surface area contributed by atoms with Gasteiger partial charge in [-0.1, -0.05) is 6.92 Å². The highest BCUT2D eigenvalue weighted by molar-refractivity contribution is 5.33. The van der Waals surface area contributed by atoms with Crippen molar-refractivity contribution in [2.24, 2.45) is 0 Å². The standard InChI is InChI=1S/C16H24N4/c1-5-6-15-18-9-10-20(15)14-7-8-17-13(11-14)12-19-16(2,3)4/h7-11,19H,5-6,12H2,1-4H3. The summed E-state index contributed by atoms with van der Waals surface area (Å²) in [5.41, 5.74) is 2.28. The smallest absolute Gasteiger partial charge is 0.113 e. The van der Waals surface area contributed by atoms with E-state index in [2.05, 4.69) is 53.6 Å². The van der Waals surface area contributed by atoms with Crippen molar-refractivity contribution in [1.29, 1.82) is 0 Å². The average Bonchev–Trinajstić information content (AvgIpc) is 2.85. The summed E-state index contributed by atoms with van der Waals surface area (Å²) in [4.78, 5) is 8.86. The second-order valence-corrected chi connectivity index (χ2v) is 6.07. The second kappa shape index (κ2) is 6.18. The lowest BCUT2D eigenvalue weighted by atomic mass is 10.1. The molecule has 0 spiro atoms. The first-order chi connectivity index (χ1) is 9.49. The van der Waals surface area contributed by atoms with Gasteiger partial charge in [-0.3, -0.25) is 4.98 Å². The largest absolute Gasteiger partial charge is 0.306 e. The summed E-state index contributed by atoms with van der Waals surface area (Å²) in [7, 11) is 0. The Morgan fingerprint density at radius 1 is 1.20 bits per heavy atom. The molecule has 108 valence electrons. The Bertz CT molecular complexity index is 552. The van der Waals surface area contributed by atoms with E-state index in [4.69, 9.17) is 0 Å². The molecule has 2 aromatic heterocycles. The first-order valence-electron chi connectivity index (χ1n) is 7.22. The molecule has 1 N–H and O–H groups in total. The zero-order chi connectivity index (χ0) is 14.6. The fourth-order valence-electron chi connectivity index (χ4n) is 2.05. The van der Waals surface area contributed by atoms with Crippen LogP contribution in [0.3, 0.4) is 0 Å². The minimum atomic E-state index is 0.0973. The van der Waals surface area contributed by atoms with E-state index in [9.17, 15) is 0 Å². The first-order valence-corrected chi connectivity index (χ1v) is 7.22. The van der Waals surface area contributed by atoms with Crippen molar-refractivity contribution in [2.45, 2.75) is 52.6 Å². The number of imidazole rings is 1. The Hall–Kier alpha value is -1.68. The van der Waals surface area contributed by atoms with Gasteiger partial charge < -0.3 is 9.88 Å². The van der Waals surface area contributed by atoms with Crippen LogP contribution >= 0.6 is 0 Å². The van der Waals surface area contributed by atoms with Gasteiger partial charge in [0.1, 0.15) is 5.82 Å². The Morgan fingerprint density at radius 2 is 2.00 bits per heavy atom. The number of hydrogen-bond donors (Lipinski definition) is 1. The molecule has 0 aliphatic heterocycles. The van der Waals surface area contributed by atoms with Gasteiger partial charge in [-0.05, 0) is 39.3 Å². The summed E-state index contributed by atoms with van der Waals surface area (Å²) in [5, 5.41) is 3.46. The molecule has 0 aliphatic carbocycles. The number of aromatic nitrogens is 3. The predicted molar refractivity (Wildman–Crippen MR) is 81.9 cm³/mol. The number of nitrogens with zero attached hydrogens (tertiary/aromatic N) is 3. The SMILES string of the molecule is CCCc1nccn1-c1ccnc(CNC(C)(C)C)c1. The highest BCUT2D eigenvalue weighted by atomic mass is 15.1. The van der Waals surface area contributed by atoms with Gasteiger partial charge in [0.05, 0.1) is 11.4 Å². The molecule has 0 atom stereocenters. The zero-order valence-corrected chi connectivity index (χ0v) is 12.8. The molecule has 0 unspecified atom stereocenters. The Balaban J connectivity index is 2.19. The molecule has 0 radical (unpaired) electrons. The van der Waals surface area contributed by atoms with Gasteiger partial charge in [-0.25, -0.2) is 4.98 Å². The van der Waals surface area contributed by atoms with Crippen LogP contribution in [-0.2, 0) is 13.0 Å². The van der Waals surface area contributed by atoms with E-state index in [1.807, 2.05) is 24.7 Å². The topological polar surface area (TPSA) is 42.7 Å². The Kier molecular flexibility index (Phi) is 4.55. The van der Waals surface area contributed by atoms with Crippen molar-refractivity contribution < 1.29 is 0 Å². The summed E-state index contributed by atoms with van der Waals surface area (Å²) < 4.78 is 2.14. The van der Waals surface area contributed by atoms with Gasteiger partial charge in [0.25, 0.3) is 0 Å². The highest BCUT2D eigenvalue weighted by Crippen LogP contribution is 2.13. The lowest BCUT2D eigenvalue weighted by molar-refractivity contribution is 0.421. The summed E-state index contributed by atoms with van der Waals surface area (Å²) in [6.07, 6.45) is 7.83. The molecular formula is C16H24N4. The van der Waals surface area contributed by atoms with Gasteiger partial charge in [0.15, 0.2) is 0 Å². The lowest BCUT2D eigenvalue weighted by Gasteiger charge is -2.20. The lowest BCUT2D eigenvalue weighted by Crippen LogP contribution is -2.35. The van der Waals surface area contributed by atoms with Crippen molar-refractivity contribution in [2.75, 3.05) is 0 Å². The van der Waals surface area contributed by atoms with Crippen molar-refractivity contribution >= 4 is 0 Å². The van der Waals surface area contributed by atoms with Crippen molar-refractivity contribution in [3.63, 3.8) is 0 Å². The summed E-state index contributed by atoms with van der Waals surface area (Å²) in [6.45, 7) is 9.42. The number of nitrogens with one attached hydrogen (secondary N) is 1. The molecule has 0 fully saturated rings. The first kappa shape index (κ1) is 14.7. The maximum Gasteiger partial charge on any atom is 0.113 e. The molecule has 4 nitrogen and oxygen atoms in total. The van der Waals surface area contributed by atoms with E-state index in [0.29, 0.717) is 0 Å². The Morgan fingerprint density at radius 3 is 2.70 bits per heavy atom. The van der Waals surface area contributed by atoms with Crippen LogP contribution in [0.4, 0.5) is 0 Å². The maximum atomic E-state index is 4.43. The van der Waals surface area contributed by atoms with Crippen molar-refractivity contribution in [1.82, 2.24) is 19.9 Å². The molecule has 20 heavy (non-hydrogen) atoms. The highest BCUT2D eigenvalue weighted by Gasteiger charge is 2.10. The third kappa shape index (κ3) is 3.90. The third-order valence-electron chi connectivity index (χ3n) is 3.07. The minimum absolute atomic E-state index is 0.0973. The fraction of sp³-hybridized carbons (Fsp3) is 0.500. The van der Waals surface area contributed by atoms with Gasteiger partial charge in [0, 0.05) is 37.1 Å². The van der Waals surface area contributed by atoms with Crippen LogP contribution < -0.4 is 5.32 Å². The summed E-state index contributed by atoms with van der Waals surface area (Å²) in [6, 6.07) is 4.15.